The standard InChI is InChI=1S/C18H19ClN2O3S/c1-12-5-6-14(10-13(12)2)25-9-7-17(23)24-11-16(22)21-15-4-3-8-20-18(15)19/h3-6,8,10H,7,9,11H2,1-2H3,(H,21,22). The van der Waals surface area contributed by atoms with Crippen LogP contribution in [0, 0.1) is 13.8 Å². The summed E-state index contributed by atoms with van der Waals surface area (Å²) in [5.41, 5.74) is 2.84. The van der Waals surface area contributed by atoms with Crippen molar-refractivity contribution in [1.82, 2.24) is 4.98 Å². The number of nitrogens with one attached hydrogen (secondary N) is 1. The number of hydrogen-bond acceptors (Lipinski definition) is 5. The maximum absolute atomic E-state index is 11.8. The number of anilines is 1. The molecule has 132 valence electrons. The second kappa shape index (κ2) is 9.44. The van der Waals surface area contributed by atoms with Crippen LogP contribution < -0.4 is 5.32 Å². The van der Waals surface area contributed by atoms with E-state index in [-0.39, 0.29) is 18.2 Å². The van der Waals surface area contributed by atoms with Crippen LogP contribution in [0.3, 0.4) is 0 Å². The molecule has 0 aliphatic rings. The van der Waals surface area contributed by atoms with Gasteiger partial charge in [0.2, 0.25) is 0 Å². The summed E-state index contributed by atoms with van der Waals surface area (Å²) in [5, 5.41) is 2.73. The molecule has 0 fully saturated rings. The van der Waals surface area contributed by atoms with Crippen molar-refractivity contribution in [2.24, 2.45) is 0 Å². The van der Waals surface area contributed by atoms with E-state index in [4.69, 9.17) is 16.3 Å². The number of benzene rings is 1. The number of hydrogen-bond donors (Lipinski definition) is 1. The summed E-state index contributed by atoms with van der Waals surface area (Å²) in [6, 6.07) is 9.45. The summed E-state index contributed by atoms with van der Waals surface area (Å²) < 4.78 is 4.97. The van der Waals surface area contributed by atoms with Crippen molar-refractivity contribution in [3.8, 4) is 0 Å². The lowest BCUT2D eigenvalue weighted by atomic mass is 10.1. The zero-order chi connectivity index (χ0) is 18.2. The van der Waals surface area contributed by atoms with E-state index >= 15 is 0 Å². The van der Waals surface area contributed by atoms with Crippen molar-refractivity contribution in [2.75, 3.05) is 17.7 Å². The number of carbonyl (C=O) groups is 2. The fraction of sp³-hybridized carbons (Fsp3) is 0.278. The van der Waals surface area contributed by atoms with Crippen LogP contribution in [0.25, 0.3) is 0 Å². The summed E-state index contributed by atoms with van der Waals surface area (Å²) in [6.45, 7) is 3.77. The Hall–Kier alpha value is -2.05. The maximum atomic E-state index is 11.8. The van der Waals surface area contributed by atoms with Crippen LogP contribution in [0.2, 0.25) is 5.15 Å². The number of esters is 1. The van der Waals surface area contributed by atoms with Gasteiger partial charge in [0.1, 0.15) is 0 Å². The topological polar surface area (TPSA) is 68.3 Å². The summed E-state index contributed by atoms with van der Waals surface area (Å²) in [5.74, 6) is -0.272. The van der Waals surface area contributed by atoms with Crippen molar-refractivity contribution in [3.63, 3.8) is 0 Å². The molecular weight excluding hydrogens is 360 g/mol. The monoisotopic (exact) mass is 378 g/mol. The van der Waals surface area contributed by atoms with E-state index in [1.165, 1.54) is 17.3 Å². The average molecular weight is 379 g/mol. The van der Waals surface area contributed by atoms with E-state index < -0.39 is 11.9 Å². The lowest BCUT2D eigenvalue weighted by molar-refractivity contribution is -0.146. The van der Waals surface area contributed by atoms with Gasteiger partial charge in [-0.05, 0) is 49.2 Å². The summed E-state index contributed by atoms with van der Waals surface area (Å²) >= 11 is 7.43. The van der Waals surface area contributed by atoms with Gasteiger partial charge in [0.15, 0.2) is 11.8 Å². The van der Waals surface area contributed by atoms with Crippen LogP contribution in [-0.4, -0.2) is 29.2 Å². The van der Waals surface area contributed by atoms with Crippen molar-refractivity contribution in [3.05, 3.63) is 52.8 Å². The highest BCUT2D eigenvalue weighted by Gasteiger charge is 2.10. The molecule has 0 saturated heterocycles. The molecule has 1 aromatic heterocycles. The Morgan fingerprint density at radius 1 is 1.24 bits per heavy atom. The lowest BCUT2D eigenvalue weighted by Crippen LogP contribution is -2.21. The SMILES string of the molecule is Cc1ccc(SCCC(=O)OCC(=O)Nc2cccnc2Cl)cc1C. The fourth-order valence-electron chi connectivity index (χ4n) is 1.94. The Balaban J connectivity index is 1.69. The van der Waals surface area contributed by atoms with Gasteiger partial charge in [-0.1, -0.05) is 17.7 Å². The number of pyridine rings is 1. The van der Waals surface area contributed by atoms with Gasteiger partial charge in [-0.25, -0.2) is 4.98 Å². The Labute approximate surface area is 156 Å². The zero-order valence-electron chi connectivity index (χ0n) is 14.0. The second-order valence-electron chi connectivity index (χ2n) is 5.40. The fourth-order valence-corrected chi connectivity index (χ4v) is 3.04. The molecule has 0 unspecified atom stereocenters. The third-order valence-electron chi connectivity index (χ3n) is 3.45. The Kier molecular flexibility index (Phi) is 7.28. The molecule has 0 saturated carbocycles. The minimum atomic E-state index is -0.454. The Morgan fingerprint density at radius 2 is 2.04 bits per heavy atom. The first-order chi connectivity index (χ1) is 12.0. The number of carbonyl (C=O) groups excluding carboxylic acids is 2. The first-order valence-corrected chi connectivity index (χ1v) is 9.08. The molecule has 1 N–H and O–H groups in total. The number of aromatic nitrogens is 1. The molecule has 2 aromatic rings. The highest BCUT2D eigenvalue weighted by molar-refractivity contribution is 7.99. The van der Waals surface area contributed by atoms with Gasteiger partial charge in [0.25, 0.3) is 5.91 Å². The summed E-state index contributed by atoms with van der Waals surface area (Å²) in [6.07, 6.45) is 1.75. The van der Waals surface area contributed by atoms with Gasteiger partial charge in [-0.3, -0.25) is 9.59 Å². The van der Waals surface area contributed by atoms with E-state index in [2.05, 4.69) is 36.3 Å². The van der Waals surface area contributed by atoms with Gasteiger partial charge in [-0.15, -0.1) is 11.8 Å². The summed E-state index contributed by atoms with van der Waals surface area (Å²) in [4.78, 5) is 28.4. The molecular formula is C18H19ClN2O3S. The highest BCUT2D eigenvalue weighted by Crippen LogP contribution is 2.22. The highest BCUT2D eigenvalue weighted by atomic mass is 35.5. The number of ether oxygens (including phenoxy) is 1. The van der Waals surface area contributed by atoms with Crippen LogP contribution in [0.4, 0.5) is 5.69 Å². The van der Waals surface area contributed by atoms with Crippen molar-refractivity contribution in [2.45, 2.75) is 25.2 Å². The molecule has 0 radical (unpaired) electrons. The largest absolute Gasteiger partial charge is 0.456 e. The Bertz CT molecular complexity index is 768. The predicted octanol–water partition coefficient (Wildman–Crippen LogP) is 4.02. The smallest absolute Gasteiger partial charge is 0.307 e. The van der Waals surface area contributed by atoms with Gasteiger partial charge >= 0.3 is 5.97 Å². The molecule has 2 rings (SSSR count). The molecule has 0 bridgehead atoms. The molecule has 1 heterocycles. The molecule has 0 aliphatic heterocycles. The number of thioether (sulfide) groups is 1. The number of halogens is 1. The molecule has 7 heteroatoms. The third kappa shape index (κ3) is 6.40. The van der Waals surface area contributed by atoms with Gasteiger partial charge < -0.3 is 10.1 Å². The van der Waals surface area contributed by atoms with Crippen molar-refractivity contribution < 1.29 is 14.3 Å². The maximum Gasteiger partial charge on any atom is 0.307 e. The van der Waals surface area contributed by atoms with Crippen LogP contribution in [0.15, 0.2) is 41.4 Å². The van der Waals surface area contributed by atoms with Crippen molar-refractivity contribution >= 4 is 40.9 Å². The van der Waals surface area contributed by atoms with E-state index in [1.54, 1.807) is 23.9 Å². The summed E-state index contributed by atoms with van der Waals surface area (Å²) in [7, 11) is 0. The first kappa shape index (κ1) is 19.3. The van der Waals surface area contributed by atoms with E-state index in [0.29, 0.717) is 11.4 Å². The van der Waals surface area contributed by atoms with E-state index in [0.717, 1.165) is 4.90 Å². The zero-order valence-corrected chi connectivity index (χ0v) is 15.6. The normalized spacial score (nSPS) is 10.4. The second-order valence-corrected chi connectivity index (χ2v) is 6.92. The molecule has 1 aromatic carbocycles. The molecule has 0 spiro atoms. The molecule has 5 nitrogen and oxygen atoms in total. The van der Waals surface area contributed by atoms with Crippen LogP contribution in [-0.2, 0) is 14.3 Å². The lowest BCUT2D eigenvalue weighted by Gasteiger charge is -2.08. The Morgan fingerprint density at radius 3 is 2.76 bits per heavy atom. The van der Waals surface area contributed by atoms with Crippen molar-refractivity contribution in [1.29, 1.82) is 0 Å². The number of rotatable bonds is 7. The van der Waals surface area contributed by atoms with Crippen LogP contribution in [0.5, 0.6) is 0 Å². The first-order valence-electron chi connectivity index (χ1n) is 7.72. The predicted molar refractivity (Wildman–Crippen MR) is 100 cm³/mol. The molecule has 0 aliphatic carbocycles. The average Bonchev–Trinajstić information content (AvgIpc) is 2.58. The van der Waals surface area contributed by atoms with Gasteiger partial charge in [-0.2, -0.15) is 0 Å². The van der Waals surface area contributed by atoms with E-state index in [1.807, 2.05) is 6.07 Å². The molecule has 1 amide bonds. The quantitative estimate of drug-likeness (QED) is 0.447. The van der Waals surface area contributed by atoms with Gasteiger partial charge in [0, 0.05) is 16.8 Å². The van der Waals surface area contributed by atoms with E-state index in [9.17, 15) is 9.59 Å². The minimum absolute atomic E-state index is 0.187. The number of nitrogens with zero attached hydrogens (tertiary/aromatic N) is 1. The molecule has 25 heavy (non-hydrogen) atoms. The third-order valence-corrected chi connectivity index (χ3v) is 4.75. The van der Waals surface area contributed by atoms with Crippen LogP contribution >= 0.6 is 23.4 Å². The number of aryl methyl sites for hydroxylation is 2. The number of amides is 1. The molecule has 0 atom stereocenters. The van der Waals surface area contributed by atoms with Crippen LogP contribution in [0.1, 0.15) is 17.5 Å². The minimum Gasteiger partial charge on any atom is -0.456 e. The van der Waals surface area contributed by atoms with Gasteiger partial charge in [0.05, 0.1) is 12.1 Å².